The van der Waals surface area contributed by atoms with Crippen LogP contribution < -0.4 is 17.0 Å². The van der Waals surface area contributed by atoms with E-state index in [0.717, 1.165) is 11.1 Å². The number of nitrogens with zero attached hydrogens (tertiary/aromatic N) is 1. The molecule has 0 bridgehead atoms. The maximum absolute atomic E-state index is 5.39. The molecular formula is C8H8BrCl2N. The molecule has 0 amide bonds. The molecule has 1 aromatic heterocycles. The van der Waals surface area contributed by atoms with Gasteiger partial charge in [-0.3, -0.25) is 0 Å². The fourth-order valence-corrected chi connectivity index (χ4v) is 1.25. The van der Waals surface area contributed by atoms with Crippen LogP contribution in [-0.2, 0) is 6.54 Å². The van der Waals surface area contributed by atoms with Crippen molar-refractivity contribution in [2.45, 2.75) is 6.54 Å². The van der Waals surface area contributed by atoms with Gasteiger partial charge in [0.1, 0.15) is 0 Å². The van der Waals surface area contributed by atoms with Gasteiger partial charge >= 0.3 is 0 Å². The van der Waals surface area contributed by atoms with Gasteiger partial charge in [-0.05, 0) is 12.1 Å². The lowest BCUT2D eigenvalue weighted by molar-refractivity contribution is -0.697. The summed E-state index contributed by atoms with van der Waals surface area (Å²) in [6, 6.07) is 5.94. The maximum Gasteiger partial charge on any atom is 0.248 e. The summed E-state index contributed by atoms with van der Waals surface area (Å²) in [5.74, 6) is 0. The van der Waals surface area contributed by atoms with Gasteiger partial charge in [-0.2, -0.15) is 4.57 Å². The fourth-order valence-electron chi connectivity index (χ4n) is 0.757. The Balaban J connectivity index is 0.00000121. The quantitative estimate of drug-likeness (QED) is 0.503. The first kappa shape index (κ1) is 11.9. The Bertz CT molecular complexity index is 263. The first-order valence-electron chi connectivity index (χ1n) is 3.24. The third-order valence-corrected chi connectivity index (χ3v) is 2.17. The van der Waals surface area contributed by atoms with Crippen molar-refractivity contribution in [1.82, 2.24) is 0 Å². The highest BCUT2D eigenvalue weighted by molar-refractivity contribution is 9.10. The third-order valence-electron chi connectivity index (χ3n) is 1.28. The van der Waals surface area contributed by atoms with Crippen LogP contribution in [0.15, 0.2) is 40.6 Å². The van der Waals surface area contributed by atoms with Gasteiger partial charge in [-0.1, -0.05) is 11.6 Å². The highest BCUT2D eigenvalue weighted by Crippen LogP contribution is 2.00. The molecule has 0 spiro atoms. The lowest BCUT2D eigenvalue weighted by Crippen LogP contribution is -3.00. The summed E-state index contributed by atoms with van der Waals surface area (Å²) < 4.78 is 3.09. The van der Waals surface area contributed by atoms with Crippen LogP contribution in [0.2, 0.25) is 0 Å². The predicted octanol–water partition coefficient (Wildman–Crippen LogP) is -0.507. The predicted molar refractivity (Wildman–Crippen MR) is 49.3 cm³/mol. The molecule has 0 unspecified atom stereocenters. The molecule has 0 aliphatic carbocycles. The normalized spacial score (nSPS) is 9.83. The zero-order chi connectivity index (χ0) is 8.10. The number of allylic oxidation sites excluding steroid dienone is 1. The average Bonchev–Trinajstić information content (AvgIpc) is 2.03. The molecule has 12 heavy (non-hydrogen) atoms. The van der Waals surface area contributed by atoms with E-state index in [-0.39, 0.29) is 12.4 Å². The molecule has 1 aromatic rings. The second-order valence-corrected chi connectivity index (χ2v) is 3.10. The van der Waals surface area contributed by atoms with E-state index in [4.69, 9.17) is 11.6 Å². The topological polar surface area (TPSA) is 3.88 Å². The van der Waals surface area contributed by atoms with Crippen LogP contribution >= 0.6 is 27.5 Å². The molecule has 1 rings (SSSR count). The van der Waals surface area contributed by atoms with Crippen LogP contribution in [-0.4, -0.2) is 0 Å². The third kappa shape index (κ3) is 3.57. The Kier molecular flexibility index (Phi) is 6.44. The smallest absolute Gasteiger partial charge is 0.248 e. The highest BCUT2D eigenvalue weighted by atomic mass is 79.9. The minimum Gasteiger partial charge on any atom is -1.00 e. The molecule has 0 saturated heterocycles. The molecule has 0 aliphatic heterocycles. The van der Waals surface area contributed by atoms with Gasteiger partial charge in [0.05, 0.1) is 0 Å². The van der Waals surface area contributed by atoms with Crippen LogP contribution in [0.1, 0.15) is 0 Å². The molecule has 1 nitrogen and oxygen atoms in total. The van der Waals surface area contributed by atoms with Crippen molar-refractivity contribution < 1.29 is 17.0 Å². The Hall–Kier alpha value is -0.0500. The molecular weight excluding hydrogens is 261 g/mol. The SMILES string of the molecule is Cl/C=C/C[n+]1ccccc1Br.[Cl-]. The molecule has 0 saturated carbocycles. The maximum atomic E-state index is 5.39. The molecule has 0 aliphatic rings. The average molecular weight is 269 g/mol. The van der Waals surface area contributed by atoms with Crippen molar-refractivity contribution in [1.29, 1.82) is 0 Å². The number of pyridine rings is 1. The van der Waals surface area contributed by atoms with Crippen molar-refractivity contribution in [2.24, 2.45) is 0 Å². The van der Waals surface area contributed by atoms with Gasteiger partial charge in [0, 0.05) is 33.6 Å². The molecule has 0 radical (unpaired) electrons. The lowest BCUT2D eigenvalue weighted by atomic mass is 10.5. The number of halogens is 3. The summed E-state index contributed by atoms with van der Waals surface area (Å²) in [4.78, 5) is 0. The van der Waals surface area contributed by atoms with Gasteiger partial charge in [0.25, 0.3) is 0 Å². The lowest BCUT2D eigenvalue weighted by Gasteiger charge is -1.92. The van der Waals surface area contributed by atoms with Gasteiger partial charge in [-0.25, -0.2) is 0 Å². The zero-order valence-electron chi connectivity index (χ0n) is 6.25. The van der Waals surface area contributed by atoms with Crippen molar-refractivity contribution >= 4 is 27.5 Å². The summed E-state index contributed by atoms with van der Waals surface area (Å²) in [6.07, 6.45) is 3.87. The second kappa shape index (κ2) is 6.46. The number of aromatic nitrogens is 1. The van der Waals surface area contributed by atoms with E-state index in [9.17, 15) is 0 Å². The van der Waals surface area contributed by atoms with Gasteiger partial charge < -0.3 is 12.4 Å². The summed E-state index contributed by atoms with van der Waals surface area (Å²) in [5, 5.41) is 0. The van der Waals surface area contributed by atoms with Crippen molar-refractivity contribution in [3.05, 3.63) is 40.6 Å². The fraction of sp³-hybridized carbons (Fsp3) is 0.125. The highest BCUT2D eigenvalue weighted by Gasteiger charge is 2.01. The molecule has 66 valence electrons. The van der Waals surface area contributed by atoms with E-state index < -0.39 is 0 Å². The molecule has 0 N–H and O–H groups in total. The first-order chi connectivity index (χ1) is 5.34. The molecule has 0 fully saturated rings. The molecule has 4 heteroatoms. The van der Waals surface area contributed by atoms with Crippen LogP contribution in [0.3, 0.4) is 0 Å². The van der Waals surface area contributed by atoms with Crippen LogP contribution in [0.5, 0.6) is 0 Å². The summed E-state index contributed by atoms with van der Waals surface area (Å²) >= 11 is 8.81. The minimum atomic E-state index is 0. The molecule has 0 atom stereocenters. The van der Waals surface area contributed by atoms with E-state index in [2.05, 4.69) is 15.9 Å². The summed E-state index contributed by atoms with van der Waals surface area (Å²) in [6.45, 7) is 0.797. The Labute approximate surface area is 91.6 Å². The Morgan fingerprint density at radius 3 is 2.83 bits per heavy atom. The van der Waals surface area contributed by atoms with Gasteiger partial charge in [-0.15, -0.1) is 0 Å². The second-order valence-electron chi connectivity index (χ2n) is 2.04. The number of hydrogen-bond acceptors (Lipinski definition) is 0. The Morgan fingerprint density at radius 1 is 1.50 bits per heavy atom. The number of hydrogen-bond donors (Lipinski definition) is 0. The molecule has 1 heterocycles. The van der Waals surface area contributed by atoms with E-state index in [0.29, 0.717) is 0 Å². The largest absolute Gasteiger partial charge is 1.00 e. The Morgan fingerprint density at radius 2 is 2.25 bits per heavy atom. The van der Waals surface area contributed by atoms with Crippen LogP contribution in [0.4, 0.5) is 0 Å². The minimum absolute atomic E-state index is 0. The van der Waals surface area contributed by atoms with Gasteiger partial charge in [0.2, 0.25) is 4.60 Å². The van der Waals surface area contributed by atoms with Crippen LogP contribution in [0.25, 0.3) is 0 Å². The van der Waals surface area contributed by atoms with Crippen molar-refractivity contribution in [2.75, 3.05) is 0 Å². The van der Waals surface area contributed by atoms with E-state index in [1.807, 2.05) is 35.0 Å². The monoisotopic (exact) mass is 267 g/mol. The standard InChI is InChI=1S/C8H8BrClN.ClH/c9-8-4-1-2-6-11(8)7-3-5-10;/h1-6H,7H2;1H/q+1;/p-1/b5-3+;. The van der Waals surface area contributed by atoms with Crippen molar-refractivity contribution in [3.8, 4) is 0 Å². The zero-order valence-corrected chi connectivity index (χ0v) is 9.35. The number of rotatable bonds is 2. The van der Waals surface area contributed by atoms with Crippen molar-refractivity contribution in [3.63, 3.8) is 0 Å². The van der Waals surface area contributed by atoms with E-state index in [1.54, 1.807) is 0 Å². The molecule has 0 aromatic carbocycles. The van der Waals surface area contributed by atoms with E-state index in [1.165, 1.54) is 5.54 Å². The van der Waals surface area contributed by atoms with Gasteiger partial charge in [0.15, 0.2) is 12.7 Å². The summed E-state index contributed by atoms with van der Waals surface area (Å²) in [7, 11) is 0. The first-order valence-corrected chi connectivity index (χ1v) is 4.46. The summed E-state index contributed by atoms with van der Waals surface area (Å²) in [5.41, 5.74) is 1.52. The van der Waals surface area contributed by atoms with E-state index >= 15 is 0 Å². The van der Waals surface area contributed by atoms with Crippen LogP contribution in [0, 0.1) is 0 Å².